The number of amides is 4. The standard InChI is InChI=1S/C55H36N2O6/c1-31-3-5-32(6-4-31)36-9-23-43-44-24-10-37(30-50(44)55(49(43)29-36,38-13-19-41(58)20-14-38)39-15-21-42(59)22-16-39)33-7-17-40(18-8-33)57-53(62)46-26-12-35(28-48(46)54(57)63)34-11-25-45-47(27-34)52(61)56(2)51(45)60/h3-30,58-59H,1-2H3. The van der Waals surface area contributed by atoms with Crippen LogP contribution >= 0.6 is 0 Å². The van der Waals surface area contributed by atoms with Gasteiger partial charge in [-0.05, 0) is 146 Å². The lowest BCUT2D eigenvalue weighted by Gasteiger charge is -2.34. The number of phenols is 2. The fourth-order valence-corrected chi connectivity index (χ4v) is 9.64. The Balaban J connectivity index is 0.978. The number of benzene rings is 8. The van der Waals surface area contributed by atoms with E-state index in [1.54, 1.807) is 72.8 Å². The van der Waals surface area contributed by atoms with Crippen LogP contribution in [0, 0.1) is 6.92 Å². The molecule has 2 heterocycles. The molecule has 8 nitrogen and oxygen atoms in total. The number of nitrogens with zero attached hydrogens (tertiary/aromatic N) is 2. The predicted octanol–water partition coefficient (Wildman–Crippen LogP) is 10.8. The van der Waals surface area contributed by atoms with Crippen molar-refractivity contribution >= 4 is 29.3 Å². The Bertz CT molecular complexity index is 3230. The van der Waals surface area contributed by atoms with Gasteiger partial charge in [-0.3, -0.25) is 24.1 Å². The van der Waals surface area contributed by atoms with Gasteiger partial charge < -0.3 is 10.2 Å². The van der Waals surface area contributed by atoms with Crippen molar-refractivity contribution in [3.05, 3.63) is 220 Å². The third-order valence-corrected chi connectivity index (χ3v) is 12.9. The number of hydrogen-bond donors (Lipinski definition) is 2. The van der Waals surface area contributed by atoms with E-state index in [2.05, 4.69) is 67.6 Å². The summed E-state index contributed by atoms with van der Waals surface area (Å²) < 4.78 is 0. The van der Waals surface area contributed by atoms with Crippen molar-refractivity contribution in [1.29, 1.82) is 0 Å². The number of carbonyl (C=O) groups is 4. The quantitative estimate of drug-likeness (QED) is 0.161. The van der Waals surface area contributed by atoms with Gasteiger partial charge in [0.25, 0.3) is 23.6 Å². The van der Waals surface area contributed by atoms with E-state index < -0.39 is 17.2 Å². The first-order valence-electron chi connectivity index (χ1n) is 20.6. The summed E-state index contributed by atoms with van der Waals surface area (Å²) in [5, 5.41) is 21.0. The summed E-state index contributed by atoms with van der Waals surface area (Å²) in [6, 6.07) is 53.6. The van der Waals surface area contributed by atoms with Gasteiger partial charge in [-0.25, -0.2) is 4.90 Å². The summed E-state index contributed by atoms with van der Waals surface area (Å²) >= 11 is 0. The van der Waals surface area contributed by atoms with Crippen LogP contribution in [0.25, 0.3) is 44.5 Å². The number of anilines is 1. The van der Waals surface area contributed by atoms with Crippen LogP contribution in [-0.4, -0.2) is 45.8 Å². The first-order valence-corrected chi connectivity index (χ1v) is 20.6. The van der Waals surface area contributed by atoms with E-state index in [0.29, 0.717) is 27.9 Å². The SMILES string of the molecule is Cc1ccc(-c2ccc3c(c2)C(c2ccc(O)cc2)(c2ccc(O)cc2)c2cc(-c4ccc(N5C(=O)c6ccc(-c7ccc8c(c7)C(=O)N(C)C8=O)cc6C5=O)cc4)ccc2-3)cc1. The molecular weight excluding hydrogens is 785 g/mol. The van der Waals surface area contributed by atoms with Gasteiger partial charge in [0.2, 0.25) is 0 Å². The zero-order chi connectivity index (χ0) is 43.3. The third-order valence-electron chi connectivity index (χ3n) is 12.9. The van der Waals surface area contributed by atoms with Gasteiger partial charge in [-0.1, -0.05) is 103 Å². The number of carbonyl (C=O) groups excluding carboxylic acids is 4. The molecular formula is C55H36N2O6. The molecule has 8 heteroatoms. The lowest BCUT2D eigenvalue weighted by atomic mass is 9.67. The van der Waals surface area contributed by atoms with Crippen molar-refractivity contribution in [3.63, 3.8) is 0 Å². The molecule has 0 unspecified atom stereocenters. The topological polar surface area (TPSA) is 115 Å². The molecule has 0 atom stereocenters. The molecule has 302 valence electrons. The summed E-state index contributed by atoms with van der Waals surface area (Å²) in [7, 11) is 1.45. The van der Waals surface area contributed by atoms with Crippen molar-refractivity contribution in [2.75, 3.05) is 11.9 Å². The van der Waals surface area contributed by atoms with Crippen LogP contribution in [0.5, 0.6) is 11.5 Å². The number of rotatable bonds is 6. The highest BCUT2D eigenvalue weighted by molar-refractivity contribution is 6.34. The maximum absolute atomic E-state index is 14.0. The Kier molecular flexibility index (Phi) is 8.26. The number of fused-ring (bicyclic) bond motifs is 5. The highest BCUT2D eigenvalue weighted by atomic mass is 16.3. The number of aryl methyl sites for hydroxylation is 1. The van der Waals surface area contributed by atoms with E-state index in [1.807, 2.05) is 36.4 Å². The normalized spacial score (nSPS) is 14.5. The van der Waals surface area contributed by atoms with Crippen LogP contribution in [0.3, 0.4) is 0 Å². The molecule has 0 aromatic heterocycles. The molecule has 3 aliphatic rings. The monoisotopic (exact) mass is 820 g/mol. The van der Waals surface area contributed by atoms with Crippen LogP contribution in [0.1, 0.15) is 69.2 Å². The summed E-state index contributed by atoms with van der Waals surface area (Å²) in [5.41, 5.74) is 13.3. The number of aromatic hydroxyl groups is 2. The fourth-order valence-electron chi connectivity index (χ4n) is 9.64. The molecule has 0 saturated carbocycles. The molecule has 8 aromatic rings. The average molecular weight is 821 g/mol. The molecule has 63 heavy (non-hydrogen) atoms. The van der Waals surface area contributed by atoms with E-state index >= 15 is 0 Å². The van der Waals surface area contributed by atoms with Gasteiger partial charge in [-0.2, -0.15) is 0 Å². The summed E-state index contributed by atoms with van der Waals surface area (Å²) in [5.74, 6) is -1.32. The van der Waals surface area contributed by atoms with Gasteiger partial charge in [0.05, 0.1) is 33.4 Å². The van der Waals surface area contributed by atoms with Crippen molar-refractivity contribution < 1.29 is 29.4 Å². The van der Waals surface area contributed by atoms with E-state index in [-0.39, 0.29) is 34.4 Å². The largest absolute Gasteiger partial charge is 0.508 e. The third kappa shape index (κ3) is 5.61. The Morgan fingerprint density at radius 2 is 0.746 bits per heavy atom. The average Bonchev–Trinajstić information content (AvgIpc) is 3.83. The van der Waals surface area contributed by atoms with Crippen molar-refractivity contribution in [2.24, 2.45) is 0 Å². The van der Waals surface area contributed by atoms with E-state index in [0.717, 1.165) is 60.5 Å². The predicted molar refractivity (Wildman–Crippen MR) is 242 cm³/mol. The number of hydrogen-bond acceptors (Lipinski definition) is 6. The zero-order valence-electron chi connectivity index (χ0n) is 34.1. The van der Waals surface area contributed by atoms with Gasteiger partial charge in [0.1, 0.15) is 11.5 Å². The van der Waals surface area contributed by atoms with Crippen molar-refractivity contribution in [2.45, 2.75) is 12.3 Å². The molecule has 2 N–H and O–H groups in total. The highest BCUT2D eigenvalue weighted by Crippen LogP contribution is 2.58. The second kappa shape index (κ2) is 13.8. The summed E-state index contributed by atoms with van der Waals surface area (Å²) in [6.45, 7) is 2.07. The van der Waals surface area contributed by atoms with Crippen molar-refractivity contribution in [3.8, 4) is 56.0 Å². The highest BCUT2D eigenvalue weighted by Gasteiger charge is 2.47. The first kappa shape index (κ1) is 37.6. The molecule has 4 amide bonds. The van der Waals surface area contributed by atoms with Gasteiger partial charge in [-0.15, -0.1) is 0 Å². The molecule has 0 bridgehead atoms. The van der Waals surface area contributed by atoms with Crippen LogP contribution in [0.2, 0.25) is 0 Å². The van der Waals surface area contributed by atoms with Crippen LogP contribution in [-0.2, 0) is 5.41 Å². The molecule has 0 spiro atoms. The zero-order valence-corrected chi connectivity index (χ0v) is 34.1. The van der Waals surface area contributed by atoms with Crippen LogP contribution in [0.15, 0.2) is 170 Å². The fraction of sp³-hybridized carbons (Fsp3) is 0.0545. The summed E-state index contributed by atoms with van der Waals surface area (Å²) in [6.07, 6.45) is 0. The number of phenolic OH excluding ortho intramolecular Hbond substituents is 2. The van der Waals surface area contributed by atoms with Gasteiger partial charge in [0.15, 0.2) is 0 Å². The van der Waals surface area contributed by atoms with E-state index in [4.69, 9.17) is 0 Å². The second-order valence-corrected chi connectivity index (χ2v) is 16.4. The maximum Gasteiger partial charge on any atom is 0.266 e. The van der Waals surface area contributed by atoms with Gasteiger partial charge >= 0.3 is 0 Å². The minimum absolute atomic E-state index is 0.155. The Morgan fingerprint density at radius 3 is 1.24 bits per heavy atom. The van der Waals surface area contributed by atoms with Crippen LogP contribution < -0.4 is 4.90 Å². The minimum atomic E-state index is -0.842. The Labute approximate surface area is 362 Å². The lowest BCUT2D eigenvalue weighted by Crippen LogP contribution is -2.29. The molecule has 2 aliphatic heterocycles. The Morgan fingerprint density at radius 1 is 0.381 bits per heavy atom. The van der Waals surface area contributed by atoms with E-state index in [1.165, 1.54) is 17.5 Å². The lowest BCUT2D eigenvalue weighted by molar-refractivity contribution is 0.0692. The summed E-state index contributed by atoms with van der Waals surface area (Å²) in [4.78, 5) is 55.2. The Hall–Kier alpha value is -8.36. The molecule has 0 saturated heterocycles. The molecule has 0 fully saturated rings. The molecule has 1 aliphatic carbocycles. The molecule has 8 aromatic carbocycles. The first-order chi connectivity index (χ1) is 30.5. The van der Waals surface area contributed by atoms with Crippen molar-refractivity contribution in [1.82, 2.24) is 4.90 Å². The number of imide groups is 2. The van der Waals surface area contributed by atoms with E-state index in [9.17, 15) is 29.4 Å². The molecule has 11 rings (SSSR count). The maximum atomic E-state index is 14.0. The smallest absolute Gasteiger partial charge is 0.266 e. The van der Waals surface area contributed by atoms with Gasteiger partial charge in [0, 0.05) is 7.05 Å². The molecule has 0 radical (unpaired) electrons. The second-order valence-electron chi connectivity index (χ2n) is 16.4. The van der Waals surface area contributed by atoms with Crippen LogP contribution in [0.4, 0.5) is 5.69 Å². The minimum Gasteiger partial charge on any atom is -0.508 e.